The number of nitroso groups, excluding NO2 is 1. The Bertz CT molecular complexity index is 734. The molecule has 3 N–H and O–H groups in total. The van der Waals surface area contributed by atoms with Crippen LogP contribution in [-0.2, 0) is 6.61 Å². The van der Waals surface area contributed by atoms with E-state index in [9.17, 15) is 4.91 Å². The highest BCUT2D eigenvalue weighted by molar-refractivity contribution is 7.80. The van der Waals surface area contributed by atoms with E-state index in [0.29, 0.717) is 23.6 Å². The van der Waals surface area contributed by atoms with Crippen molar-refractivity contribution in [1.29, 1.82) is 0 Å². The van der Waals surface area contributed by atoms with Gasteiger partial charge in [-0.1, -0.05) is 47.6 Å². The number of nitrogens with zero attached hydrogens (tertiary/aromatic N) is 2. The minimum absolute atomic E-state index is 0.00767. The first-order valence-corrected chi connectivity index (χ1v) is 7.74. The highest BCUT2D eigenvalue weighted by Gasteiger charge is 2.18. The van der Waals surface area contributed by atoms with Crippen LogP contribution >= 0.6 is 12.2 Å². The molecule has 0 amide bonds. The maximum atomic E-state index is 11.0. The number of thiocarbonyl (C=S) groups is 1. The zero-order valence-electron chi connectivity index (χ0n) is 13.2. The fourth-order valence-electron chi connectivity index (χ4n) is 2.08. The Balaban J connectivity index is 2.28. The molecule has 2 aromatic rings. The topological polar surface area (TPSA) is 89.1 Å². The first kappa shape index (κ1) is 17.6. The second-order valence-corrected chi connectivity index (χ2v) is 5.46. The average Bonchev–Trinajstić information content (AvgIpc) is 2.61. The molecule has 2 rings (SSSR count). The molecule has 0 aliphatic rings. The van der Waals surface area contributed by atoms with E-state index in [0.717, 1.165) is 5.56 Å². The van der Waals surface area contributed by atoms with Gasteiger partial charge in [0.2, 0.25) is 0 Å². The summed E-state index contributed by atoms with van der Waals surface area (Å²) in [5, 5.41) is 7.16. The van der Waals surface area contributed by atoms with Crippen LogP contribution in [0.25, 0.3) is 0 Å². The van der Waals surface area contributed by atoms with Gasteiger partial charge in [-0.3, -0.25) is 5.43 Å². The van der Waals surface area contributed by atoms with Gasteiger partial charge in [-0.25, -0.2) is 0 Å². The molecule has 0 saturated carbocycles. The lowest BCUT2D eigenvalue weighted by atomic mass is 10.0. The van der Waals surface area contributed by atoms with Crippen molar-refractivity contribution in [1.82, 2.24) is 5.43 Å². The van der Waals surface area contributed by atoms with Crippen molar-refractivity contribution >= 4 is 23.0 Å². The molecule has 0 radical (unpaired) electrons. The van der Waals surface area contributed by atoms with Crippen LogP contribution in [0, 0.1) is 4.91 Å². The zero-order chi connectivity index (χ0) is 17.4. The van der Waals surface area contributed by atoms with Crippen molar-refractivity contribution in [3.05, 3.63) is 70.6 Å². The number of benzene rings is 2. The normalized spacial score (nSPS) is 12.3. The van der Waals surface area contributed by atoms with E-state index in [1.165, 1.54) is 0 Å². The van der Waals surface area contributed by atoms with Crippen molar-refractivity contribution in [3.8, 4) is 5.75 Å². The van der Waals surface area contributed by atoms with Gasteiger partial charge >= 0.3 is 0 Å². The summed E-state index contributed by atoms with van der Waals surface area (Å²) in [6.07, 6.45) is 0. The number of ether oxygens (including phenoxy) is 1. The van der Waals surface area contributed by atoms with Gasteiger partial charge in [-0.15, -0.1) is 0 Å². The Morgan fingerprint density at radius 3 is 2.54 bits per heavy atom. The van der Waals surface area contributed by atoms with E-state index in [1.54, 1.807) is 6.92 Å². The number of para-hydroxylation sites is 1. The Morgan fingerprint density at radius 2 is 1.88 bits per heavy atom. The summed E-state index contributed by atoms with van der Waals surface area (Å²) < 4.78 is 5.89. The molecule has 6 nitrogen and oxygen atoms in total. The lowest BCUT2D eigenvalue weighted by molar-refractivity contribution is 0.305. The van der Waals surface area contributed by atoms with Gasteiger partial charge < -0.3 is 10.5 Å². The smallest absolute Gasteiger partial charge is 0.184 e. The summed E-state index contributed by atoms with van der Waals surface area (Å²) in [4.78, 5) is 11.0. The Morgan fingerprint density at radius 1 is 1.21 bits per heavy atom. The van der Waals surface area contributed by atoms with Crippen molar-refractivity contribution in [3.63, 3.8) is 0 Å². The van der Waals surface area contributed by atoms with Gasteiger partial charge in [0.05, 0.1) is 5.71 Å². The molecule has 0 heterocycles. The highest BCUT2D eigenvalue weighted by Crippen LogP contribution is 2.22. The van der Waals surface area contributed by atoms with Gasteiger partial charge in [0.25, 0.3) is 0 Å². The molecule has 2 aromatic carbocycles. The Labute approximate surface area is 145 Å². The van der Waals surface area contributed by atoms with Gasteiger partial charge in [0, 0.05) is 5.56 Å². The number of hydrogen-bond acceptors (Lipinski definition) is 5. The van der Waals surface area contributed by atoms with Gasteiger partial charge in [-0.05, 0) is 36.8 Å². The number of nitrogens with two attached hydrogens (primary N) is 1. The molecular weight excluding hydrogens is 324 g/mol. The summed E-state index contributed by atoms with van der Waals surface area (Å²) in [5.74, 6) is 0.598. The quantitative estimate of drug-likeness (QED) is 0.349. The summed E-state index contributed by atoms with van der Waals surface area (Å²) in [6, 6.07) is 16.4. The number of hydrazone groups is 1. The minimum atomic E-state index is -0.687. The third-order valence-electron chi connectivity index (χ3n) is 3.24. The average molecular weight is 342 g/mol. The molecule has 0 aromatic heterocycles. The van der Waals surface area contributed by atoms with Crippen LogP contribution in [0.4, 0.5) is 0 Å². The zero-order valence-corrected chi connectivity index (χ0v) is 14.0. The van der Waals surface area contributed by atoms with Crippen LogP contribution < -0.4 is 15.9 Å². The van der Waals surface area contributed by atoms with Crippen LogP contribution in [0.2, 0.25) is 0 Å². The molecule has 0 aliphatic carbocycles. The van der Waals surface area contributed by atoms with E-state index < -0.39 is 6.04 Å². The largest absolute Gasteiger partial charge is 0.488 e. The standard InChI is InChI=1S/C17H18N4O2S/c1-12(21-22)16(19-20-17(18)24)14-9-5-6-10-15(14)23-11-13-7-3-2-4-8-13/h2-10,12H,11H2,1H3,(H3,18,20,24). The summed E-state index contributed by atoms with van der Waals surface area (Å²) in [6.45, 7) is 2.04. The number of rotatable bonds is 7. The maximum Gasteiger partial charge on any atom is 0.184 e. The fraction of sp³-hybridized carbons (Fsp3) is 0.176. The van der Waals surface area contributed by atoms with E-state index in [-0.39, 0.29) is 5.11 Å². The van der Waals surface area contributed by atoms with Crippen LogP contribution in [0.15, 0.2) is 64.9 Å². The van der Waals surface area contributed by atoms with Crippen molar-refractivity contribution in [2.75, 3.05) is 0 Å². The summed E-state index contributed by atoms with van der Waals surface area (Å²) in [5.41, 5.74) is 10.0. The van der Waals surface area contributed by atoms with Gasteiger partial charge in [-0.2, -0.15) is 10.0 Å². The summed E-state index contributed by atoms with van der Waals surface area (Å²) in [7, 11) is 0. The third-order valence-corrected chi connectivity index (χ3v) is 3.33. The van der Waals surface area contributed by atoms with E-state index in [2.05, 4.69) is 15.7 Å². The Hall–Kier alpha value is -2.80. The summed E-state index contributed by atoms with van der Waals surface area (Å²) >= 11 is 4.75. The highest BCUT2D eigenvalue weighted by atomic mass is 32.1. The fourth-order valence-corrected chi connectivity index (χ4v) is 2.13. The first-order chi connectivity index (χ1) is 11.6. The van der Waals surface area contributed by atoms with Crippen LogP contribution in [0.3, 0.4) is 0 Å². The molecule has 1 atom stereocenters. The Kier molecular flexibility index (Phi) is 6.39. The molecule has 1 unspecified atom stereocenters. The number of hydrogen-bond donors (Lipinski definition) is 2. The third kappa shape index (κ3) is 4.85. The minimum Gasteiger partial charge on any atom is -0.488 e. The van der Waals surface area contributed by atoms with Crippen molar-refractivity contribution in [2.24, 2.45) is 16.0 Å². The predicted molar refractivity (Wildman–Crippen MR) is 98.9 cm³/mol. The maximum absolute atomic E-state index is 11.0. The molecule has 7 heteroatoms. The lowest BCUT2D eigenvalue weighted by Gasteiger charge is -2.14. The van der Waals surface area contributed by atoms with Gasteiger partial charge in [0.15, 0.2) is 5.11 Å². The monoisotopic (exact) mass is 342 g/mol. The first-order valence-electron chi connectivity index (χ1n) is 7.33. The molecule has 0 fully saturated rings. The molecule has 24 heavy (non-hydrogen) atoms. The molecule has 0 saturated heterocycles. The predicted octanol–water partition coefficient (Wildman–Crippen LogP) is 2.96. The molecule has 0 bridgehead atoms. The van der Waals surface area contributed by atoms with Crippen molar-refractivity contribution in [2.45, 2.75) is 19.6 Å². The van der Waals surface area contributed by atoms with E-state index in [1.807, 2.05) is 54.6 Å². The van der Waals surface area contributed by atoms with Gasteiger partial charge in [0.1, 0.15) is 18.4 Å². The second-order valence-electron chi connectivity index (χ2n) is 5.02. The van der Waals surface area contributed by atoms with Crippen LogP contribution in [0.1, 0.15) is 18.1 Å². The van der Waals surface area contributed by atoms with Crippen molar-refractivity contribution < 1.29 is 4.74 Å². The van der Waals surface area contributed by atoms with E-state index in [4.69, 9.17) is 22.7 Å². The molecule has 0 aliphatic heterocycles. The SMILES string of the molecule is CC(N=O)C(=NNC(N)=S)c1ccccc1OCc1ccccc1. The lowest BCUT2D eigenvalue weighted by Crippen LogP contribution is -2.28. The molecule has 124 valence electrons. The second kappa shape index (κ2) is 8.73. The van der Waals surface area contributed by atoms with Crippen LogP contribution in [0.5, 0.6) is 5.75 Å². The molecular formula is C17H18N4O2S. The van der Waals surface area contributed by atoms with Crippen LogP contribution in [-0.4, -0.2) is 16.9 Å². The molecule has 0 spiro atoms. The van der Waals surface area contributed by atoms with E-state index >= 15 is 0 Å². The number of nitrogens with one attached hydrogen (secondary N) is 1.